The van der Waals surface area contributed by atoms with E-state index in [-0.39, 0.29) is 11.5 Å². The number of nitrogens with zero attached hydrogens (tertiary/aromatic N) is 4. The van der Waals surface area contributed by atoms with Crippen LogP contribution < -0.4 is 11.1 Å². The third-order valence-corrected chi connectivity index (χ3v) is 2.28. The van der Waals surface area contributed by atoms with Gasteiger partial charge in [-0.1, -0.05) is 0 Å². The minimum Gasteiger partial charge on any atom is -0.379 e. The van der Waals surface area contributed by atoms with Crippen LogP contribution in [0.1, 0.15) is 21.7 Å². The van der Waals surface area contributed by atoms with E-state index in [1.54, 1.807) is 4.68 Å². The molecule has 0 atom stereocenters. The van der Waals surface area contributed by atoms with Gasteiger partial charge in [0.15, 0.2) is 0 Å². The van der Waals surface area contributed by atoms with Crippen molar-refractivity contribution in [3.05, 3.63) is 23.1 Å². The van der Waals surface area contributed by atoms with Crippen LogP contribution in [0.4, 0.5) is 5.82 Å². The molecular weight excluding hydrogens is 224 g/mol. The summed E-state index contributed by atoms with van der Waals surface area (Å²) >= 11 is 0. The Morgan fingerprint density at radius 3 is 2.88 bits per heavy atom. The number of hydrogen-bond donors (Lipinski definition) is 2. The number of nitrogen functional groups attached to an aromatic ring is 1. The van der Waals surface area contributed by atoms with Gasteiger partial charge in [0, 0.05) is 25.4 Å². The summed E-state index contributed by atoms with van der Waals surface area (Å²) < 4.78 is 6.03. The molecular formula is C9H12N6O2. The third kappa shape index (κ3) is 2.25. The van der Waals surface area contributed by atoms with Crippen molar-refractivity contribution in [2.24, 2.45) is 7.05 Å². The number of anilines is 1. The molecule has 0 saturated heterocycles. The van der Waals surface area contributed by atoms with Crippen LogP contribution >= 0.6 is 0 Å². The quantitative estimate of drug-likeness (QED) is 0.751. The van der Waals surface area contributed by atoms with Gasteiger partial charge in [0.1, 0.15) is 0 Å². The van der Waals surface area contributed by atoms with E-state index in [1.165, 1.54) is 0 Å². The predicted octanol–water partition coefficient (Wildman–Crippen LogP) is -0.376. The highest BCUT2D eigenvalue weighted by atomic mass is 16.6. The summed E-state index contributed by atoms with van der Waals surface area (Å²) in [4.78, 5) is 11.6. The second-order valence-electron chi connectivity index (χ2n) is 3.59. The van der Waals surface area contributed by atoms with Crippen molar-refractivity contribution in [2.75, 3.05) is 5.73 Å². The summed E-state index contributed by atoms with van der Waals surface area (Å²) in [5.74, 6) is -0.447. The summed E-state index contributed by atoms with van der Waals surface area (Å²) in [7, 11) is 1.82. The van der Waals surface area contributed by atoms with E-state index < -0.39 is 5.91 Å². The van der Waals surface area contributed by atoms with Crippen LogP contribution in [0.5, 0.6) is 0 Å². The Balaban J connectivity index is 2.02. The molecule has 2 heterocycles. The fraction of sp³-hybridized carbons (Fsp3) is 0.333. The van der Waals surface area contributed by atoms with Crippen LogP contribution in [0, 0.1) is 6.92 Å². The number of carbonyl (C=O) groups is 1. The molecule has 1 amide bonds. The summed E-state index contributed by atoms with van der Waals surface area (Å²) in [5, 5.41) is 13.6. The van der Waals surface area contributed by atoms with Crippen LogP contribution in [-0.2, 0) is 13.6 Å². The summed E-state index contributed by atoms with van der Waals surface area (Å²) in [6.45, 7) is 2.22. The molecule has 8 heteroatoms. The van der Waals surface area contributed by atoms with E-state index in [0.717, 1.165) is 11.3 Å². The van der Waals surface area contributed by atoms with Crippen LogP contribution in [0.3, 0.4) is 0 Å². The number of hydrogen-bond acceptors (Lipinski definition) is 6. The molecule has 0 saturated carbocycles. The van der Waals surface area contributed by atoms with E-state index >= 15 is 0 Å². The molecule has 17 heavy (non-hydrogen) atoms. The number of nitrogens with one attached hydrogen (secondary N) is 1. The minimum atomic E-state index is -0.424. The molecule has 0 radical (unpaired) electrons. The van der Waals surface area contributed by atoms with Gasteiger partial charge in [0.25, 0.3) is 5.91 Å². The van der Waals surface area contributed by atoms with Gasteiger partial charge in [-0.3, -0.25) is 9.48 Å². The smallest absolute Gasteiger partial charge is 0.277 e. The molecule has 0 aliphatic rings. The van der Waals surface area contributed by atoms with Gasteiger partial charge in [-0.15, -0.1) is 0 Å². The second-order valence-corrected chi connectivity index (χ2v) is 3.59. The maximum atomic E-state index is 11.6. The SMILES string of the molecule is Cc1nn(C)cc1CNC(=O)c1nonc1N. The Bertz CT molecular complexity index is 543. The largest absolute Gasteiger partial charge is 0.379 e. The molecule has 0 aliphatic heterocycles. The van der Waals surface area contributed by atoms with Gasteiger partial charge in [0.05, 0.1) is 5.69 Å². The Hall–Kier alpha value is -2.38. The third-order valence-electron chi connectivity index (χ3n) is 2.28. The molecule has 90 valence electrons. The topological polar surface area (TPSA) is 112 Å². The normalized spacial score (nSPS) is 10.5. The molecule has 3 N–H and O–H groups in total. The van der Waals surface area contributed by atoms with Crippen molar-refractivity contribution in [1.29, 1.82) is 0 Å². The lowest BCUT2D eigenvalue weighted by molar-refractivity contribution is 0.0941. The van der Waals surface area contributed by atoms with Gasteiger partial charge in [0.2, 0.25) is 11.5 Å². The van der Waals surface area contributed by atoms with Crippen LogP contribution in [0.2, 0.25) is 0 Å². The predicted molar refractivity (Wildman–Crippen MR) is 57.8 cm³/mol. The number of aryl methyl sites for hydroxylation is 2. The van der Waals surface area contributed by atoms with Crippen molar-refractivity contribution < 1.29 is 9.42 Å². The van der Waals surface area contributed by atoms with E-state index in [9.17, 15) is 4.79 Å². The molecule has 2 aromatic rings. The Labute approximate surface area is 96.7 Å². The van der Waals surface area contributed by atoms with E-state index in [2.05, 4.69) is 25.4 Å². The lowest BCUT2D eigenvalue weighted by atomic mass is 10.2. The number of amides is 1. The zero-order valence-corrected chi connectivity index (χ0v) is 9.47. The summed E-state index contributed by atoms with van der Waals surface area (Å²) in [6.07, 6.45) is 1.83. The molecule has 0 spiro atoms. The number of aromatic nitrogens is 4. The first-order chi connectivity index (χ1) is 8.08. The summed E-state index contributed by atoms with van der Waals surface area (Å²) in [5.41, 5.74) is 7.18. The van der Waals surface area contributed by atoms with Gasteiger partial charge in [-0.25, -0.2) is 4.63 Å². The van der Waals surface area contributed by atoms with Crippen molar-refractivity contribution in [2.45, 2.75) is 13.5 Å². The maximum Gasteiger partial charge on any atom is 0.277 e. The highest BCUT2D eigenvalue weighted by Gasteiger charge is 2.16. The molecule has 0 unspecified atom stereocenters. The average Bonchev–Trinajstić information content (AvgIpc) is 2.81. The van der Waals surface area contributed by atoms with Gasteiger partial charge < -0.3 is 11.1 Å². The van der Waals surface area contributed by atoms with Gasteiger partial charge >= 0.3 is 0 Å². The Morgan fingerprint density at radius 2 is 2.35 bits per heavy atom. The fourth-order valence-electron chi connectivity index (χ4n) is 1.43. The number of carbonyl (C=O) groups excluding carboxylic acids is 1. The standard InChI is InChI=1S/C9H12N6O2/c1-5-6(4-15(2)12-5)3-11-9(16)7-8(10)14-17-13-7/h4H,3H2,1-2H3,(H2,10,14)(H,11,16). The molecule has 2 rings (SSSR count). The minimum absolute atomic E-state index is 0.00783. The van der Waals surface area contributed by atoms with Crippen molar-refractivity contribution in [3.8, 4) is 0 Å². The van der Waals surface area contributed by atoms with Crippen LogP contribution in [0.25, 0.3) is 0 Å². The molecule has 0 fully saturated rings. The Morgan fingerprint density at radius 1 is 1.59 bits per heavy atom. The monoisotopic (exact) mass is 236 g/mol. The lowest BCUT2D eigenvalue weighted by Crippen LogP contribution is -2.24. The second kappa shape index (κ2) is 4.24. The van der Waals surface area contributed by atoms with Crippen LogP contribution in [0.15, 0.2) is 10.8 Å². The Kier molecular flexibility index (Phi) is 2.77. The summed E-state index contributed by atoms with van der Waals surface area (Å²) in [6, 6.07) is 0. The van der Waals surface area contributed by atoms with E-state index in [4.69, 9.17) is 5.73 Å². The van der Waals surface area contributed by atoms with Gasteiger partial charge in [-0.2, -0.15) is 5.10 Å². The fourth-order valence-corrected chi connectivity index (χ4v) is 1.43. The lowest BCUT2D eigenvalue weighted by Gasteiger charge is -2.01. The zero-order valence-electron chi connectivity index (χ0n) is 9.47. The maximum absolute atomic E-state index is 11.6. The number of rotatable bonds is 3. The number of nitrogens with two attached hydrogens (primary N) is 1. The van der Waals surface area contributed by atoms with E-state index in [0.29, 0.717) is 6.54 Å². The first kappa shape index (κ1) is 11.1. The van der Waals surface area contributed by atoms with Crippen molar-refractivity contribution in [3.63, 3.8) is 0 Å². The molecule has 0 aliphatic carbocycles. The van der Waals surface area contributed by atoms with Crippen molar-refractivity contribution >= 4 is 11.7 Å². The highest BCUT2D eigenvalue weighted by molar-refractivity contribution is 5.95. The molecule has 2 aromatic heterocycles. The molecule has 8 nitrogen and oxygen atoms in total. The average molecular weight is 236 g/mol. The highest BCUT2D eigenvalue weighted by Crippen LogP contribution is 2.06. The first-order valence-electron chi connectivity index (χ1n) is 4.93. The van der Waals surface area contributed by atoms with Crippen LogP contribution in [-0.4, -0.2) is 26.0 Å². The first-order valence-corrected chi connectivity index (χ1v) is 4.93. The van der Waals surface area contributed by atoms with E-state index in [1.807, 2.05) is 20.2 Å². The van der Waals surface area contributed by atoms with Crippen molar-refractivity contribution in [1.82, 2.24) is 25.4 Å². The zero-order chi connectivity index (χ0) is 12.4. The molecule has 0 aromatic carbocycles. The van der Waals surface area contributed by atoms with Gasteiger partial charge in [-0.05, 0) is 17.2 Å². The molecule has 0 bridgehead atoms.